The number of nitrogens with one attached hydrogen (secondary N) is 3. The van der Waals surface area contributed by atoms with Gasteiger partial charge in [-0.3, -0.25) is 28.9 Å². The highest BCUT2D eigenvalue weighted by Gasteiger charge is 2.39. The molecule has 1 fully saturated rings. The average molecular weight is 575 g/mol. The number of carbonyl (C=O) groups is 5. The molecular weight excluding hydrogens is 528 g/mol. The molecule has 0 saturated carbocycles. The minimum atomic E-state index is -0.874. The van der Waals surface area contributed by atoms with Crippen LogP contribution in [0.1, 0.15) is 79.7 Å². The Hall–Kier alpha value is -2.88. The molecule has 0 aliphatic carbocycles. The van der Waals surface area contributed by atoms with Gasteiger partial charge in [-0.25, -0.2) is 0 Å². The van der Waals surface area contributed by atoms with Crippen molar-refractivity contribution in [2.75, 3.05) is 11.9 Å². The first-order valence-electron chi connectivity index (χ1n) is 14.3. The van der Waals surface area contributed by atoms with E-state index >= 15 is 0 Å². The zero-order valence-electron chi connectivity index (χ0n) is 24.9. The van der Waals surface area contributed by atoms with E-state index < -0.39 is 29.1 Å². The van der Waals surface area contributed by atoms with Crippen LogP contribution in [0.3, 0.4) is 0 Å². The number of benzene rings is 1. The third-order valence-electron chi connectivity index (χ3n) is 6.74. The molecule has 3 unspecified atom stereocenters. The molecule has 1 aliphatic heterocycles. The monoisotopic (exact) mass is 574 g/mol. The van der Waals surface area contributed by atoms with Gasteiger partial charge in [0.1, 0.15) is 12.1 Å². The number of carbonyl (C=O) groups excluding carboxylic acids is 5. The van der Waals surface area contributed by atoms with Gasteiger partial charge >= 0.3 is 0 Å². The van der Waals surface area contributed by atoms with Crippen LogP contribution < -0.4 is 16.0 Å². The molecule has 4 atom stereocenters. The normalized spacial score (nSPS) is 17.6. The van der Waals surface area contributed by atoms with Crippen molar-refractivity contribution in [3.05, 3.63) is 29.8 Å². The highest BCUT2D eigenvalue weighted by atomic mass is 32.2. The minimum Gasteiger partial charge on any atom is -0.344 e. The van der Waals surface area contributed by atoms with Crippen LogP contribution in [-0.2, 0) is 30.4 Å². The Labute approximate surface area is 243 Å². The van der Waals surface area contributed by atoms with E-state index in [9.17, 15) is 24.0 Å². The van der Waals surface area contributed by atoms with Crippen LogP contribution in [-0.4, -0.2) is 63.6 Å². The summed E-state index contributed by atoms with van der Waals surface area (Å²) in [5.41, 5.74) is 1.82. The van der Waals surface area contributed by atoms with E-state index in [1.54, 1.807) is 20.8 Å². The van der Waals surface area contributed by atoms with E-state index in [0.717, 1.165) is 24.2 Å². The second-order valence-electron chi connectivity index (χ2n) is 11.4. The Bertz CT molecular complexity index is 1040. The molecule has 5 amide bonds. The van der Waals surface area contributed by atoms with Crippen molar-refractivity contribution in [3.63, 3.8) is 0 Å². The van der Waals surface area contributed by atoms with Crippen LogP contribution in [0.25, 0.3) is 0 Å². The fraction of sp³-hybridized carbons (Fsp3) is 0.633. The Morgan fingerprint density at radius 1 is 0.975 bits per heavy atom. The molecule has 0 radical (unpaired) electrons. The number of hydrogen-bond acceptors (Lipinski definition) is 6. The molecule has 1 saturated heterocycles. The predicted octanol–water partition coefficient (Wildman–Crippen LogP) is 3.91. The lowest BCUT2D eigenvalue weighted by molar-refractivity contribution is -0.139. The summed E-state index contributed by atoms with van der Waals surface area (Å²) in [6.07, 6.45) is 2.98. The van der Waals surface area contributed by atoms with Gasteiger partial charge in [-0.1, -0.05) is 60.1 Å². The molecule has 40 heavy (non-hydrogen) atoms. The fourth-order valence-corrected chi connectivity index (χ4v) is 5.97. The van der Waals surface area contributed by atoms with Gasteiger partial charge in [-0.15, -0.1) is 11.8 Å². The number of rotatable bonds is 15. The summed E-state index contributed by atoms with van der Waals surface area (Å²) < 4.78 is 0. The van der Waals surface area contributed by atoms with Crippen molar-refractivity contribution in [2.24, 2.45) is 11.8 Å². The summed E-state index contributed by atoms with van der Waals surface area (Å²) in [6, 6.07) is 5.91. The molecule has 2 rings (SSSR count). The summed E-state index contributed by atoms with van der Waals surface area (Å²) in [4.78, 5) is 64.7. The molecule has 1 aromatic carbocycles. The number of thioether (sulfide) groups is 1. The third kappa shape index (κ3) is 10.3. The van der Waals surface area contributed by atoms with Crippen LogP contribution >= 0.6 is 11.8 Å². The Balaban J connectivity index is 1.87. The number of imide groups is 1. The molecule has 0 bridgehead atoms. The lowest BCUT2D eigenvalue weighted by Gasteiger charge is -2.24. The van der Waals surface area contributed by atoms with Gasteiger partial charge < -0.3 is 16.0 Å². The van der Waals surface area contributed by atoms with E-state index in [-0.39, 0.29) is 48.3 Å². The van der Waals surface area contributed by atoms with Gasteiger partial charge in [-0.2, -0.15) is 0 Å². The predicted molar refractivity (Wildman–Crippen MR) is 160 cm³/mol. The minimum absolute atomic E-state index is 0.0239. The van der Waals surface area contributed by atoms with Gasteiger partial charge in [0.15, 0.2) is 0 Å². The lowest BCUT2D eigenvalue weighted by atomic mass is 10.0. The van der Waals surface area contributed by atoms with Gasteiger partial charge in [0.25, 0.3) is 0 Å². The van der Waals surface area contributed by atoms with Crippen LogP contribution in [0.4, 0.5) is 5.69 Å². The first-order chi connectivity index (χ1) is 18.8. The molecule has 1 aromatic rings. The second-order valence-corrected chi connectivity index (χ2v) is 13.0. The van der Waals surface area contributed by atoms with Crippen LogP contribution in [0.5, 0.6) is 0 Å². The highest BCUT2D eigenvalue weighted by molar-refractivity contribution is 8.01. The van der Waals surface area contributed by atoms with E-state index in [1.807, 2.05) is 24.3 Å². The largest absolute Gasteiger partial charge is 0.344 e. The molecule has 1 aliphatic rings. The topological polar surface area (TPSA) is 125 Å². The molecule has 10 heteroatoms. The van der Waals surface area contributed by atoms with Gasteiger partial charge in [-0.05, 0) is 49.3 Å². The molecule has 1 heterocycles. The van der Waals surface area contributed by atoms with Gasteiger partial charge in [0, 0.05) is 30.3 Å². The molecule has 9 nitrogen and oxygen atoms in total. The van der Waals surface area contributed by atoms with E-state index in [4.69, 9.17) is 0 Å². The third-order valence-corrected chi connectivity index (χ3v) is 8.14. The Morgan fingerprint density at radius 2 is 1.62 bits per heavy atom. The maximum atomic E-state index is 13.0. The van der Waals surface area contributed by atoms with Crippen molar-refractivity contribution in [3.8, 4) is 0 Å². The first-order valence-corrected chi connectivity index (χ1v) is 15.3. The van der Waals surface area contributed by atoms with Crippen LogP contribution in [0.15, 0.2) is 24.3 Å². The maximum Gasteiger partial charge on any atom is 0.246 e. The smallest absolute Gasteiger partial charge is 0.246 e. The van der Waals surface area contributed by atoms with Crippen molar-refractivity contribution < 1.29 is 24.0 Å². The van der Waals surface area contributed by atoms with Crippen LogP contribution in [0, 0.1) is 11.8 Å². The summed E-state index contributed by atoms with van der Waals surface area (Å²) in [5.74, 6) is -1.53. The number of amides is 5. The van der Waals surface area contributed by atoms with Crippen LogP contribution in [0.2, 0.25) is 0 Å². The van der Waals surface area contributed by atoms with Gasteiger partial charge in [0.05, 0.1) is 5.25 Å². The van der Waals surface area contributed by atoms with Crippen molar-refractivity contribution >= 4 is 47.0 Å². The van der Waals surface area contributed by atoms with Crippen molar-refractivity contribution in [1.29, 1.82) is 0 Å². The standard InChI is InChI=1S/C30H46N4O5S/c1-8-9-20(6)40-24-17-26(36)34(30(24)39)15-14-25(35)33-27(19(4)5)29(38)31-21(7)28(37)32-23-12-10-22(11-13-23)16-18(2)3/h10-13,18-21,24,27H,8-9,14-17H2,1-7H3,(H,31,38)(H,32,37)(H,33,35)/t20?,21-,24?,27?/m0/s1. The number of hydrogen-bond donors (Lipinski definition) is 3. The number of anilines is 1. The first kappa shape index (κ1) is 33.3. The molecule has 0 spiro atoms. The molecule has 3 N–H and O–H groups in total. The second kappa shape index (κ2) is 15.8. The zero-order chi connectivity index (χ0) is 30.0. The quantitative estimate of drug-likeness (QED) is 0.273. The van der Waals surface area contributed by atoms with Gasteiger partial charge in [0.2, 0.25) is 29.5 Å². The number of likely N-dealkylation sites (tertiary alicyclic amines) is 1. The average Bonchev–Trinajstić information content (AvgIpc) is 3.13. The summed E-state index contributed by atoms with van der Waals surface area (Å²) in [7, 11) is 0. The van der Waals surface area contributed by atoms with E-state index in [1.165, 1.54) is 17.3 Å². The molecule has 222 valence electrons. The summed E-state index contributed by atoms with van der Waals surface area (Å²) >= 11 is 1.51. The maximum absolute atomic E-state index is 13.0. The van der Waals surface area contributed by atoms with Crippen molar-refractivity contribution in [2.45, 2.75) is 103 Å². The SMILES string of the molecule is CCCC(C)SC1CC(=O)N(CCC(=O)NC(C(=O)N[C@@H](C)C(=O)Nc2ccc(CC(C)C)cc2)C(C)C)C1=O. The van der Waals surface area contributed by atoms with E-state index in [0.29, 0.717) is 11.6 Å². The summed E-state index contributed by atoms with van der Waals surface area (Å²) in [5, 5.41) is 8.07. The Kier molecular flexibility index (Phi) is 13.2. The fourth-order valence-electron chi connectivity index (χ4n) is 4.56. The Morgan fingerprint density at radius 3 is 2.20 bits per heavy atom. The molecular formula is C30H46N4O5S. The van der Waals surface area contributed by atoms with Crippen molar-refractivity contribution in [1.82, 2.24) is 15.5 Å². The zero-order valence-corrected chi connectivity index (χ0v) is 25.7. The number of nitrogens with zero attached hydrogens (tertiary/aromatic N) is 1. The molecule has 0 aromatic heterocycles. The van der Waals surface area contributed by atoms with E-state index in [2.05, 4.69) is 43.6 Å². The highest BCUT2D eigenvalue weighted by Crippen LogP contribution is 2.30. The lowest BCUT2D eigenvalue weighted by Crippen LogP contribution is -2.54. The summed E-state index contributed by atoms with van der Waals surface area (Å²) in [6.45, 7) is 13.6.